The number of carbonyl (C=O) groups is 3. The molecule has 0 saturated carbocycles. The summed E-state index contributed by atoms with van der Waals surface area (Å²) in [6, 6.07) is -0.505. The fraction of sp³-hybridized carbons (Fsp3) is 0.625. The zero-order valence-corrected chi connectivity index (χ0v) is 8.32. The predicted molar refractivity (Wildman–Crippen MR) is 50.5 cm³/mol. The molecule has 0 aromatic carbocycles. The molecule has 15 heavy (non-hydrogen) atoms. The summed E-state index contributed by atoms with van der Waals surface area (Å²) in [4.78, 5) is 31.8. The Morgan fingerprint density at radius 2 is 1.80 bits per heavy atom. The highest BCUT2D eigenvalue weighted by molar-refractivity contribution is 5.79. The third-order valence-corrected chi connectivity index (χ3v) is 1.62. The zero-order valence-electron chi connectivity index (χ0n) is 8.32. The van der Waals surface area contributed by atoms with E-state index in [-0.39, 0.29) is 6.54 Å². The van der Waals surface area contributed by atoms with E-state index in [9.17, 15) is 14.4 Å². The summed E-state index contributed by atoms with van der Waals surface area (Å²) in [5.41, 5.74) is 0. The molecule has 0 bridgehead atoms. The SMILES string of the molecule is CCNC(=O)NCC(CC(=O)O)C(=O)O. The number of carboxylic acid groups (broad SMARTS) is 2. The normalized spacial score (nSPS) is 11.5. The highest BCUT2D eigenvalue weighted by Crippen LogP contribution is 2.01. The summed E-state index contributed by atoms with van der Waals surface area (Å²) in [6.07, 6.45) is -0.512. The van der Waals surface area contributed by atoms with Crippen LogP contribution in [0.3, 0.4) is 0 Å². The van der Waals surface area contributed by atoms with Crippen LogP contribution in [0.4, 0.5) is 4.79 Å². The van der Waals surface area contributed by atoms with Crippen molar-refractivity contribution in [3.63, 3.8) is 0 Å². The minimum Gasteiger partial charge on any atom is -0.481 e. The van der Waals surface area contributed by atoms with E-state index in [1.165, 1.54) is 0 Å². The first-order valence-electron chi connectivity index (χ1n) is 4.43. The number of hydrogen-bond donors (Lipinski definition) is 4. The topological polar surface area (TPSA) is 116 Å². The molecule has 0 aromatic rings. The summed E-state index contributed by atoms with van der Waals surface area (Å²) in [7, 11) is 0. The van der Waals surface area contributed by atoms with Crippen LogP contribution >= 0.6 is 0 Å². The fourth-order valence-electron chi connectivity index (χ4n) is 0.897. The van der Waals surface area contributed by atoms with Crippen LogP contribution in [-0.4, -0.2) is 41.3 Å². The van der Waals surface area contributed by atoms with Crippen molar-refractivity contribution in [2.24, 2.45) is 5.92 Å². The van der Waals surface area contributed by atoms with E-state index in [4.69, 9.17) is 10.2 Å². The van der Waals surface area contributed by atoms with Crippen molar-refractivity contribution >= 4 is 18.0 Å². The molecule has 0 radical (unpaired) electrons. The lowest BCUT2D eigenvalue weighted by molar-refractivity contribution is -0.148. The molecule has 0 rings (SSSR count). The molecule has 86 valence electrons. The molecule has 0 aliphatic rings. The maximum absolute atomic E-state index is 10.9. The Kier molecular flexibility index (Phi) is 5.84. The van der Waals surface area contributed by atoms with Crippen LogP contribution in [0.25, 0.3) is 0 Å². The molecule has 4 N–H and O–H groups in total. The molecule has 1 unspecified atom stereocenters. The van der Waals surface area contributed by atoms with Crippen LogP contribution in [0.2, 0.25) is 0 Å². The summed E-state index contributed by atoms with van der Waals surface area (Å²) >= 11 is 0. The average molecular weight is 218 g/mol. The summed E-state index contributed by atoms with van der Waals surface area (Å²) in [6.45, 7) is 1.93. The van der Waals surface area contributed by atoms with Crippen molar-refractivity contribution in [3.05, 3.63) is 0 Å². The zero-order chi connectivity index (χ0) is 11.8. The summed E-state index contributed by atoms with van der Waals surface area (Å²) < 4.78 is 0. The number of carboxylic acids is 2. The second-order valence-electron chi connectivity index (χ2n) is 2.87. The van der Waals surface area contributed by atoms with Gasteiger partial charge in [-0.05, 0) is 6.92 Å². The number of nitrogens with one attached hydrogen (secondary N) is 2. The quantitative estimate of drug-likeness (QED) is 0.478. The van der Waals surface area contributed by atoms with Crippen LogP contribution < -0.4 is 10.6 Å². The highest BCUT2D eigenvalue weighted by Gasteiger charge is 2.21. The summed E-state index contributed by atoms with van der Waals surface area (Å²) in [5, 5.41) is 21.7. The average Bonchev–Trinajstić information content (AvgIpc) is 2.11. The van der Waals surface area contributed by atoms with E-state index in [1.54, 1.807) is 6.92 Å². The lowest BCUT2D eigenvalue weighted by Crippen LogP contribution is -2.40. The van der Waals surface area contributed by atoms with E-state index < -0.39 is 30.3 Å². The number of aliphatic carboxylic acids is 2. The molecule has 7 nitrogen and oxygen atoms in total. The maximum atomic E-state index is 10.9. The lowest BCUT2D eigenvalue weighted by Gasteiger charge is -2.11. The Labute approximate surface area is 86.5 Å². The third-order valence-electron chi connectivity index (χ3n) is 1.62. The Hall–Kier alpha value is -1.79. The van der Waals surface area contributed by atoms with Crippen LogP contribution in [0.5, 0.6) is 0 Å². The van der Waals surface area contributed by atoms with Gasteiger partial charge in [0.2, 0.25) is 0 Å². The minimum absolute atomic E-state index is 0.201. The van der Waals surface area contributed by atoms with Gasteiger partial charge in [0, 0.05) is 13.1 Å². The smallest absolute Gasteiger partial charge is 0.314 e. The second kappa shape index (κ2) is 6.63. The molecule has 0 saturated heterocycles. The second-order valence-corrected chi connectivity index (χ2v) is 2.87. The Bertz CT molecular complexity index is 253. The number of rotatable bonds is 6. The molecule has 7 heteroatoms. The number of urea groups is 1. The fourth-order valence-corrected chi connectivity index (χ4v) is 0.897. The van der Waals surface area contributed by atoms with Gasteiger partial charge in [-0.2, -0.15) is 0 Å². The molecule has 0 aliphatic heterocycles. The van der Waals surface area contributed by atoms with Crippen molar-refractivity contribution in [1.29, 1.82) is 0 Å². The van der Waals surface area contributed by atoms with Gasteiger partial charge in [0.25, 0.3) is 0 Å². The maximum Gasteiger partial charge on any atom is 0.314 e. The highest BCUT2D eigenvalue weighted by atomic mass is 16.4. The van der Waals surface area contributed by atoms with E-state index in [0.29, 0.717) is 6.54 Å². The Balaban J connectivity index is 4.01. The molecule has 0 aromatic heterocycles. The number of amides is 2. The van der Waals surface area contributed by atoms with Crippen molar-refractivity contribution in [2.75, 3.05) is 13.1 Å². The number of hydrogen-bond acceptors (Lipinski definition) is 3. The van der Waals surface area contributed by atoms with Gasteiger partial charge < -0.3 is 20.8 Å². The predicted octanol–water partition coefficient (Wildman–Crippen LogP) is -0.519. The first-order valence-corrected chi connectivity index (χ1v) is 4.43. The molecular formula is C8H14N2O5. The van der Waals surface area contributed by atoms with Gasteiger partial charge in [0.05, 0.1) is 12.3 Å². The van der Waals surface area contributed by atoms with Gasteiger partial charge in [-0.25, -0.2) is 4.79 Å². The van der Waals surface area contributed by atoms with E-state index >= 15 is 0 Å². The largest absolute Gasteiger partial charge is 0.481 e. The molecule has 1 atom stereocenters. The van der Waals surface area contributed by atoms with Crippen LogP contribution in [0.1, 0.15) is 13.3 Å². The van der Waals surface area contributed by atoms with Crippen molar-refractivity contribution in [1.82, 2.24) is 10.6 Å². The van der Waals surface area contributed by atoms with E-state index in [2.05, 4.69) is 10.6 Å². The van der Waals surface area contributed by atoms with E-state index in [1.807, 2.05) is 0 Å². The van der Waals surface area contributed by atoms with Crippen molar-refractivity contribution < 1.29 is 24.6 Å². The molecular weight excluding hydrogens is 204 g/mol. The van der Waals surface area contributed by atoms with Crippen LogP contribution in [0.15, 0.2) is 0 Å². The van der Waals surface area contributed by atoms with Gasteiger partial charge in [-0.15, -0.1) is 0 Å². The van der Waals surface area contributed by atoms with Crippen LogP contribution in [-0.2, 0) is 9.59 Å². The molecule has 0 aliphatic carbocycles. The first-order chi connectivity index (χ1) is 6.97. The summed E-state index contributed by atoms with van der Waals surface area (Å²) in [5.74, 6) is -3.56. The van der Waals surface area contributed by atoms with Crippen LogP contribution in [0, 0.1) is 5.92 Å². The molecule has 2 amide bonds. The lowest BCUT2D eigenvalue weighted by atomic mass is 10.1. The Morgan fingerprint density at radius 3 is 2.20 bits per heavy atom. The molecule has 0 heterocycles. The van der Waals surface area contributed by atoms with Crippen molar-refractivity contribution in [2.45, 2.75) is 13.3 Å². The standard InChI is InChI=1S/C8H14N2O5/c1-2-9-8(15)10-4-5(7(13)14)3-6(11)12/h5H,2-4H2,1H3,(H,11,12)(H,13,14)(H2,9,10,15). The van der Waals surface area contributed by atoms with Gasteiger partial charge in [-0.3, -0.25) is 9.59 Å². The molecule has 0 fully saturated rings. The monoisotopic (exact) mass is 218 g/mol. The first kappa shape index (κ1) is 13.2. The van der Waals surface area contributed by atoms with Gasteiger partial charge in [0.1, 0.15) is 0 Å². The third kappa shape index (κ3) is 6.30. The van der Waals surface area contributed by atoms with E-state index in [0.717, 1.165) is 0 Å². The molecule has 0 spiro atoms. The number of carbonyl (C=O) groups excluding carboxylic acids is 1. The van der Waals surface area contributed by atoms with Gasteiger partial charge in [0.15, 0.2) is 0 Å². The van der Waals surface area contributed by atoms with Gasteiger partial charge in [-0.1, -0.05) is 0 Å². The van der Waals surface area contributed by atoms with Crippen molar-refractivity contribution in [3.8, 4) is 0 Å². The Morgan fingerprint density at radius 1 is 1.20 bits per heavy atom. The minimum atomic E-state index is -1.24. The van der Waals surface area contributed by atoms with Gasteiger partial charge >= 0.3 is 18.0 Å².